The number of methoxy groups -OCH3 is 1. The Bertz CT molecular complexity index is 2650. The molecule has 18 atom stereocenters. The number of cyclic esters (lactones) is 1. The molecule has 0 bridgehead atoms. The predicted octanol–water partition coefficient (Wildman–Crippen LogP) is 6.80. The van der Waals surface area contributed by atoms with Crippen LogP contribution in [-0.4, -0.2) is 205 Å². The molecule has 3 saturated heterocycles. The van der Waals surface area contributed by atoms with Crippen LogP contribution in [0.3, 0.4) is 0 Å². The van der Waals surface area contributed by atoms with Crippen molar-refractivity contribution in [3.05, 3.63) is 39.1 Å². The van der Waals surface area contributed by atoms with Gasteiger partial charge in [0.05, 0.1) is 83.9 Å². The molecule has 4 N–H and O–H groups in total. The van der Waals surface area contributed by atoms with Crippen LogP contribution < -0.4 is 10.7 Å². The highest BCUT2D eigenvalue weighted by Gasteiger charge is 2.54. The summed E-state index contributed by atoms with van der Waals surface area (Å²) in [6.45, 7) is 23.4. The van der Waals surface area contributed by atoms with E-state index in [4.69, 9.17) is 59.0 Å². The van der Waals surface area contributed by atoms with Crippen molar-refractivity contribution in [3.63, 3.8) is 0 Å². The van der Waals surface area contributed by atoms with Gasteiger partial charge in [-0.25, -0.2) is 4.79 Å². The Balaban J connectivity index is 1.20. The van der Waals surface area contributed by atoms with E-state index in [0.29, 0.717) is 34.6 Å². The molecule has 4 aliphatic rings. The van der Waals surface area contributed by atoms with Gasteiger partial charge in [0.15, 0.2) is 24.8 Å². The fraction of sp³-hybridized carbons (Fsp3) is 0.790. The first-order valence-electron chi connectivity index (χ1n) is 30.5. The summed E-state index contributed by atoms with van der Waals surface area (Å²) in [6.07, 6.45) is -6.39. The zero-order valence-electron chi connectivity index (χ0n) is 53.2. The number of anilines is 1. The van der Waals surface area contributed by atoms with Crippen molar-refractivity contribution in [2.45, 2.75) is 244 Å². The van der Waals surface area contributed by atoms with E-state index in [1.54, 1.807) is 87.6 Å². The number of nitrogens with zero attached hydrogens (tertiary/aromatic N) is 3. The molecule has 6 rings (SSSR count). The van der Waals surface area contributed by atoms with Crippen LogP contribution >= 0.6 is 11.6 Å². The lowest BCUT2D eigenvalue weighted by Gasteiger charge is -2.49. The Morgan fingerprint density at radius 1 is 0.918 bits per heavy atom. The van der Waals surface area contributed by atoms with Gasteiger partial charge in [-0.2, -0.15) is 0 Å². The number of halogens is 1. The SMILES string of the molecule is CCC(=O)O[C@H]1C(O[C@@H]2[C@@H](C)[C@H](OC3C[C@](C)(OC)[C@@H](OC(=O)CCOCCNc4cc5c(=O)c(C(=O)OC(C)C)cn(C6CC6)c5cc4Cl)[C@H](C)O3)[C@@H](C)C(=O)O[C@H](CC)[C@@](C)(O)[C@H](O)[C@@H](C)N(C)C[C@H](C)C[C@@]2(C)O)O[C@H](C)C[C@@H]1N(C)C. The minimum absolute atomic E-state index is 0.00148. The monoisotopic (exact) mass is 1220 g/mol. The molecule has 1 aromatic carbocycles. The molecule has 0 radical (unpaired) electrons. The third-order valence-electron chi connectivity index (χ3n) is 17.6. The number of pyridine rings is 1. The topological polar surface area (TPSA) is 262 Å². The molecule has 1 saturated carbocycles. The van der Waals surface area contributed by atoms with Gasteiger partial charge in [-0.3, -0.25) is 19.2 Å². The molecule has 22 nitrogen and oxygen atoms in total. The number of likely N-dealkylation sites (N-methyl/N-ethyl adjacent to an activating group) is 2. The number of nitrogens with one attached hydrogen (secondary N) is 1. The Labute approximate surface area is 507 Å². The molecular formula is C62H99ClN4O18. The Morgan fingerprint density at radius 2 is 1.60 bits per heavy atom. The summed E-state index contributed by atoms with van der Waals surface area (Å²) in [5.41, 5.74) is -4.20. The van der Waals surface area contributed by atoms with Crippen molar-refractivity contribution >= 4 is 52.1 Å². The minimum Gasteiger partial charge on any atom is -0.459 e. The molecule has 85 heavy (non-hydrogen) atoms. The van der Waals surface area contributed by atoms with E-state index in [9.17, 15) is 39.3 Å². The summed E-state index contributed by atoms with van der Waals surface area (Å²) in [7, 11) is 7.08. The molecule has 4 heterocycles. The molecule has 482 valence electrons. The van der Waals surface area contributed by atoms with Gasteiger partial charge in [-0.05, 0) is 134 Å². The molecule has 23 heteroatoms. The number of hydrogen-bond donors (Lipinski definition) is 4. The number of aliphatic hydroxyl groups is 3. The van der Waals surface area contributed by atoms with Gasteiger partial charge in [0, 0.05) is 62.6 Å². The van der Waals surface area contributed by atoms with E-state index in [0.717, 1.165) is 12.8 Å². The Morgan fingerprint density at radius 3 is 2.21 bits per heavy atom. The number of fused-ring (bicyclic) bond motifs is 1. The molecule has 0 spiro atoms. The van der Waals surface area contributed by atoms with Gasteiger partial charge in [0.2, 0.25) is 5.43 Å². The summed E-state index contributed by atoms with van der Waals surface area (Å²) in [6, 6.07) is 2.55. The van der Waals surface area contributed by atoms with E-state index < -0.39 is 125 Å². The number of rotatable bonds is 20. The summed E-state index contributed by atoms with van der Waals surface area (Å²) >= 11 is 6.72. The fourth-order valence-corrected chi connectivity index (χ4v) is 12.8. The average molecular weight is 1220 g/mol. The second kappa shape index (κ2) is 29.5. The number of aliphatic hydroxyl groups excluding tert-OH is 1. The first-order chi connectivity index (χ1) is 39.8. The van der Waals surface area contributed by atoms with Crippen molar-refractivity contribution in [1.29, 1.82) is 0 Å². The van der Waals surface area contributed by atoms with Gasteiger partial charge in [0.1, 0.15) is 29.0 Å². The molecule has 2 unspecified atom stereocenters. The number of esters is 4. The lowest BCUT2D eigenvalue weighted by atomic mass is 9.77. The first-order valence-corrected chi connectivity index (χ1v) is 30.8. The second-order valence-corrected chi connectivity index (χ2v) is 26.0. The Hall–Kier alpha value is -4.04. The lowest BCUT2D eigenvalue weighted by molar-refractivity contribution is -0.319. The van der Waals surface area contributed by atoms with Crippen LogP contribution in [0.5, 0.6) is 0 Å². The highest BCUT2D eigenvalue weighted by atomic mass is 35.5. The van der Waals surface area contributed by atoms with Crippen LogP contribution in [0.15, 0.2) is 23.1 Å². The summed E-state index contributed by atoms with van der Waals surface area (Å²) in [5, 5.41) is 40.7. The summed E-state index contributed by atoms with van der Waals surface area (Å²) < 4.78 is 64.7. The minimum atomic E-state index is -1.89. The highest BCUT2D eigenvalue weighted by Crippen LogP contribution is 2.42. The summed E-state index contributed by atoms with van der Waals surface area (Å²) in [4.78, 5) is 71.9. The Kier molecular flexibility index (Phi) is 24.3. The molecule has 3 aliphatic heterocycles. The van der Waals surface area contributed by atoms with Gasteiger partial charge < -0.3 is 82.4 Å². The van der Waals surface area contributed by atoms with E-state index in [1.807, 2.05) is 49.4 Å². The number of aromatic nitrogens is 1. The maximum absolute atomic E-state index is 14.8. The fourth-order valence-electron chi connectivity index (χ4n) is 12.6. The number of ether oxygens (including phenoxy) is 10. The van der Waals surface area contributed by atoms with Crippen molar-refractivity contribution in [3.8, 4) is 0 Å². The van der Waals surface area contributed by atoms with Gasteiger partial charge in [0.25, 0.3) is 0 Å². The number of hydrogen-bond acceptors (Lipinski definition) is 21. The number of carbonyl (C=O) groups is 4. The zero-order valence-corrected chi connectivity index (χ0v) is 54.0. The molecule has 1 aliphatic carbocycles. The third kappa shape index (κ3) is 17.0. The van der Waals surface area contributed by atoms with E-state index in [2.05, 4.69) is 5.32 Å². The van der Waals surface area contributed by atoms with Gasteiger partial charge >= 0.3 is 23.9 Å². The van der Waals surface area contributed by atoms with Crippen molar-refractivity contribution in [2.75, 3.05) is 59.9 Å². The predicted molar refractivity (Wildman–Crippen MR) is 318 cm³/mol. The van der Waals surface area contributed by atoms with Gasteiger partial charge in [-0.1, -0.05) is 39.3 Å². The van der Waals surface area contributed by atoms with Crippen molar-refractivity contribution in [2.24, 2.45) is 17.8 Å². The van der Waals surface area contributed by atoms with Crippen LogP contribution in [0.25, 0.3) is 10.9 Å². The third-order valence-corrected chi connectivity index (χ3v) is 17.9. The van der Waals surface area contributed by atoms with Gasteiger partial charge in [-0.15, -0.1) is 0 Å². The quantitative estimate of drug-likeness (QED) is 0.0603. The largest absolute Gasteiger partial charge is 0.459 e. The average Bonchev–Trinajstić information content (AvgIpc) is 2.03. The normalized spacial score (nSPS) is 35.7. The summed E-state index contributed by atoms with van der Waals surface area (Å²) in [5.74, 6) is -4.75. The number of carbonyl (C=O) groups excluding carboxylic acids is 4. The zero-order chi connectivity index (χ0) is 63.2. The second-order valence-electron chi connectivity index (χ2n) is 25.6. The molecule has 1 aromatic heterocycles. The maximum Gasteiger partial charge on any atom is 0.343 e. The van der Waals surface area contributed by atoms with E-state index in [1.165, 1.54) is 14.0 Å². The van der Waals surface area contributed by atoms with Crippen LogP contribution in [-0.2, 0) is 61.8 Å². The molecular weight excluding hydrogens is 1120 g/mol. The number of benzene rings is 1. The lowest BCUT2D eigenvalue weighted by Crippen LogP contribution is -2.61. The molecule has 0 amide bonds. The van der Waals surface area contributed by atoms with Crippen LogP contribution in [0.4, 0.5) is 5.69 Å². The molecule has 4 fully saturated rings. The van der Waals surface area contributed by atoms with Crippen molar-refractivity contribution < 1.29 is 81.9 Å². The first kappa shape index (κ1) is 70.1. The van der Waals surface area contributed by atoms with Crippen molar-refractivity contribution in [1.82, 2.24) is 14.4 Å². The van der Waals surface area contributed by atoms with Crippen LogP contribution in [0.1, 0.15) is 158 Å². The smallest absolute Gasteiger partial charge is 0.343 e. The van der Waals surface area contributed by atoms with Crippen LogP contribution in [0, 0.1) is 17.8 Å². The molecule has 2 aromatic rings. The highest BCUT2D eigenvalue weighted by molar-refractivity contribution is 6.34. The van der Waals surface area contributed by atoms with Crippen LogP contribution in [0.2, 0.25) is 5.02 Å². The van der Waals surface area contributed by atoms with E-state index in [-0.39, 0.29) is 81.5 Å². The van der Waals surface area contributed by atoms with E-state index >= 15 is 0 Å². The standard InChI is InChI=1S/C62H99ClN4O18/c1-18-47-62(13,75)54(71)38(9)66(16)31-34(5)29-60(11,74)55(85-59-53(82-48(68)19-2)46(65(14)15)26-35(6)79-59)36(7)52(37(8)57(72)81-47)84-50-30-61(12,76-17)56(39(10)80-50)83-49(69)22-24-77-25-23-64-44-27-41-45(28-43(44)63)67(40-20-21-40)32-42(51(41)70)58(73)78-33(3)4/h27-28,32-40,46-47,50,52-56,59,64,71,74-75H,18-26,29-31H2,1-17H3/t34-,35-,36+,37-,38-,39+,46+,47-,50?,52+,53-,54-,55-,56+,59?,60-,61+,62-/m1/s1. The maximum atomic E-state index is 14.8.